The number of barbiturate groups is 1. The van der Waals surface area contributed by atoms with Gasteiger partial charge in [0, 0.05) is 16.6 Å². The number of nitrogens with zero attached hydrogens (tertiary/aromatic N) is 2. The summed E-state index contributed by atoms with van der Waals surface area (Å²) in [7, 11) is 0. The lowest BCUT2D eigenvalue weighted by atomic mass is 10.1. The quantitative estimate of drug-likeness (QED) is 0.143. The van der Waals surface area contributed by atoms with Gasteiger partial charge in [0.2, 0.25) is 0 Å². The molecule has 0 saturated carbocycles. The fourth-order valence-corrected chi connectivity index (χ4v) is 4.65. The molecule has 0 atom stereocenters. The Kier molecular flexibility index (Phi) is 8.32. The molecule has 0 aromatic heterocycles. The number of halogens is 2. The highest BCUT2D eigenvalue weighted by molar-refractivity contribution is 9.10. The first-order valence-electron chi connectivity index (χ1n) is 11.6. The predicted molar refractivity (Wildman–Crippen MR) is 148 cm³/mol. The molecule has 1 aliphatic heterocycles. The van der Waals surface area contributed by atoms with Crippen molar-refractivity contribution in [2.45, 2.75) is 20.5 Å². The molecule has 4 rings (SSSR count). The van der Waals surface area contributed by atoms with Crippen LogP contribution in [-0.2, 0) is 16.2 Å². The van der Waals surface area contributed by atoms with Crippen LogP contribution in [0.4, 0.5) is 16.2 Å². The molecule has 12 heteroatoms. The van der Waals surface area contributed by atoms with Crippen LogP contribution in [0.25, 0.3) is 6.08 Å². The van der Waals surface area contributed by atoms with Crippen molar-refractivity contribution in [3.8, 4) is 11.5 Å². The maximum atomic E-state index is 13.3. The van der Waals surface area contributed by atoms with E-state index < -0.39 is 22.8 Å². The predicted octanol–water partition coefficient (Wildman–Crippen LogP) is 5.96. The lowest BCUT2D eigenvalue weighted by Gasteiger charge is -2.27. The van der Waals surface area contributed by atoms with Gasteiger partial charge in [-0.15, -0.1) is 0 Å². The Morgan fingerprint density at radius 2 is 1.87 bits per heavy atom. The van der Waals surface area contributed by atoms with Gasteiger partial charge >= 0.3 is 6.03 Å². The minimum Gasteiger partial charge on any atom is -0.490 e. The zero-order valence-electron chi connectivity index (χ0n) is 20.7. The smallest absolute Gasteiger partial charge is 0.335 e. The summed E-state index contributed by atoms with van der Waals surface area (Å²) in [6, 6.07) is 13.2. The van der Waals surface area contributed by atoms with Gasteiger partial charge in [-0.25, -0.2) is 9.69 Å². The third-order valence-electron chi connectivity index (χ3n) is 5.65. The summed E-state index contributed by atoms with van der Waals surface area (Å²) in [6.45, 7) is 3.73. The molecule has 10 nitrogen and oxygen atoms in total. The number of imide groups is 2. The Labute approximate surface area is 236 Å². The zero-order valence-corrected chi connectivity index (χ0v) is 23.0. The van der Waals surface area contributed by atoms with Crippen LogP contribution >= 0.6 is 27.5 Å². The highest BCUT2D eigenvalue weighted by Crippen LogP contribution is 2.38. The van der Waals surface area contributed by atoms with Crippen LogP contribution in [0.15, 0.2) is 64.6 Å². The lowest BCUT2D eigenvalue weighted by Crippen LogP contribution is -2.54. The van der Waals surface area contributed by atoms with Crippen molar-refractivity contribution in [2.24, 2.45) is 0 Å². The van der Waals surface area contributed by atoms with E-state index in [9.17, 15) is 24.5 Å². The topological polar surface area (TPSA) is 128 Å². The highest BCUT2D eigenvalue weighted by Gasteiger charge is 2.37. The second-order valence-electron chi connectivity index (χ2n) is 8.37. The second kappa shape index (κ2) is 11.7. The van der Waals surface area contributed by atoms with Crippen LogP contribution in [0.5, 0.6) is 11.5 Å². The number of nitro groups is 1. The molecular weight excluding hydrogens is 594 g/mol. The van der Waals surface area contributed by atoms with Gasteiger partial charge in [0.1, 0.15) is 12.2 Å². The van der Waals surface area contributed by atoms with Gasteiger partial charge in [0.25, 0.3) is 17.5 Å². The van der Waals surface area contributed by atoms with Gasteiger partial charge in [0.15, 0.2) is 11.5 Å². The van der Waals surface area contributed by atoms with E-state index in [-0.39, 0.29) is 41.0 Å². The number of anilines is 1. The van der Waals surface area contributed by atoms with Crippen LogP contribution in [0, 0.1) is 17.0 Å². The third kappa shape index (κ3) is 6.10. The van der Waals surface area contributed by atoms with Gasteiger partial charge in [-0.3, -0.25) is 25.0 Å². The van der Waals surface area contributed by atoms with Gasteiger partial charge in [0.05, 0.1) is 22.2 Å². The molecule has 4 amide bonds. The number of ether oxygens (including phenoxy) is 2. The molecule has 200 valence electrons. The van der Waals surface area contributed by atoms with Crippen molar-refractivity contribution < 1.29 is 28.8 Å². The van der Waals surface area contributed by atoms with Gasteiger partial charge in [-0.05, 0) is 66.9 Å². The van der Waals surface area contributed by atoms with Crippen LogP contribution in [0.2, 0.25) is 5.02 Å². The standard InChI is InChI=1S/C27H21BrClN3O7/c1-3-38-23-13-17(12-21(29)24(23)39-14-16-5-4-6-19(10-16)32(36)37)11-20-25(33)30-27(35)31(26(20)34)22-8-7-18(28)9-15(22)2/h4-13H,3,14H2,1-2H3,(H,30,33,35)/b20-11-. The SMILES string of the molecule is CCOc1cc(/C=C2/C(=O)NC(=O)N(c3ccc(Br)cc3C)C2=O)cc(Cl)c1OCc1cccc([N+](=O)[O-])c1. The van der Waals surface area contributed by atoms with Crippen molar-refractivity contribution in [3.63, 3.8) is 0 Å². The van der Waals surface area contributed by atoms with Crippen molar-refractivity contribution in [3.05, 3.63) is 96.5 Å². The molecule has 0 unspecified atom stereocenters. The summed E-state index contributed by atoms with van der Waals surface area (Å²) in [5.74, 6) is -1.22. The maximum Gasteiger partial charge on any atom is 0.335 e. The highest BCUT2D eigenvalue weighted by atomic mass is 79.9. The number of aryl methyl sites for hydroxylation is 1. The van der Waals surface area contributed by atoms with Crippen molar-refractivity contribution in [1.29, 1.82) is 0 Å². The third-order valence-corrected chi connectivity index (χ3v) is 6.42. The van der Waals surface area contributed by atoms with E-state index in [2.05, 4.69) is 21.2 Å². The number of urea groups is 1. The maximum absolute atomic E-state index is 13.3. The average Bonchev–Trinajstić information content (AvgIpc) is 2.87. The van der Waals surface area contributed by atoms with E-state index in [1.54, 1.807) is 44.2 Å². The number of hydrogen-bond acceptors (Lipinski definition) is 7. The number of carbonyl (C=O) groups excluding carboxylic acids is 3. The van der Waals surface area contributed by atoms with Crippen LogP contribution in [0.1, 0.15) is 23.6 Å². The van der Waals surface area contributed by atoms with E-state index in [4.69, 9.17) is 21.1 Å². The molecule has 39 heavy (non-hydrogen) atoms. The molecule has 3 aromatic rings. The Morgan fingerprint density at radius 3 is 2.56 bits per heavy atom. The van der Waals surface area contributed by atoms with Crippen LogP contribution < -0.4 is 19.7 Å². The van der Waals surface area contributed by atoms with Crippen molar-refractivity contribution in [2.75, 3.05) is 11.5 Å². The first kappa shape index (κ1) is 27.8. The largest absolute Gasteiger partial charge is 0.490 e. The number of nitro benzene ring substituents is 1. The summed E-state index contributed by atoms with van der Waals surface area (Å²) in [4.78, 5) is 50.0. The zero-order chi connectivity index (χ0) is 28.3. The summed E-state index contributed by atoms with van der Waals surface area (Å²) >= 11 is 9.85. The fraction of sp³-hybridized carbons (Fsp3) is 0.148. The summed E-state index contributed by atoms with van der Waals surface area (Å²) < 4.78 is 12.3. The Morgan fingerprint density at radius 1 is 1.10 bits per heavy atom. The Balaban J connectivity index is 1.66. The Bertz CT molecular complexity index is 1540. The van der Waals surface area contributed by atoms with Gasteiger partial charge < -0.3 is 9.47 Å². The van der Waals surface area contributed by atoms with E-state index in [1.807, 2.05) is 0 Å². The minimum absolute atomic E-state index is 0.0214. The molecule has 3 aromatic carbocycles. The monoisotopic (exact) mass is 613 g/mol. The number of nitrogens with one attached hydrogen (secondary N) is 1. The molecule has 0 radical (unpaired) electrons. The molecule has 0 bridgehead atoms. The molecule has 1 saturated heterocycles. The summed E-state index contributed by atoms with van der Waals surface area (Å²) in [5, 5.41) is 13.4. The number of amides is 4. The average molecular weight is 615 g/mol. The molecular formula is C27H21BrClN3O7. The fourth-order valence-electron chi connectivity index (χ4n) is 3.90. The van der Waals surface area contributed by atoms with Crippen LogP contribution in [-0.4, -0.2) is 29.4 Å². The Hall–Kier alpha value is -4.22. The molecule has 0 aliphatic carbocycles. The number of carbonyl (C=O) groups is 3. The molecule has 1 fully saturated rings. The summed E-state index contributed by atoms with van der Waals surface area (Å²) in [6.07, 6.45) is 1.31. The molecule has 0 spiro atoms. The number of rotatable bonds is 8. The first-order chi connectivity index (χ1) is 18.6. The van der Waals surface area contributed by atoms with Crippen molar-refractivity contribution in [1.82, 2.24) is 5.32 Å². The summed E-state index contributed by atoms with van der Waals surface area (Å²) in [5.41, 5.74) is 1.53. The van der Waals surface area contributed by atoms with Crippen molar-refractivity contribution >= 4 is 62.8 Å². The molecule has 1 N–H and O–H groups in total. The van der Waals surface area contributed by atoms with Gasteiger partial charge in [-0.2, -0.15) is 0 Å². The molecule has 1 heterocycles. The number of non-ortho nitro benzene ring substituents is 1. The minimum atomic E-state index is -0.856. The number of benzene rings is 3. The normalized spacial score (nSPS) is 14.4. The van der Waals surface area contributed by atoms with Gasteiger partial charge in [-0.1, -0.05) is 39.7 Å². The van der Waals surface area contributed by atoms with E-state index in [0.29, 0.717) is 22.4 Å². The first-order valence-corrected chi connectivity index (χ1v) is 12.8. The lowest BCUT2D eigenvalue weighted by molar-refractivity contribution is -0.384. The molecule has 1 aliphatic rings. The van der Waals surface area contributed by atoms with E-state index in [1.165, 1.54) is 30.3 Å². The number of hydrogen-bond donors (Lipinski definition) is 1. The van der Waals surface area contributed by atoms with E-state index in [0.717, 1.165) is 9.37 Å². The van der Waals surface area contributed by atoms with Crippen LogP contribution in [0.3, 0.4) is 0 Å². The van der Waals surface area contributed by atoms with E-state index >= 15 is 0 Å². The second-order valence-corrected chi connectivity index (χ2v) is 9.69.